The van der Waals surface area contributed by atoms with Crippen LogP contribution >= 0.6 is 0 Å². The molecule has 1 aliphatic rings. The Morgan fingerprint density at radius 1 is 1.19 bits per heavy atom. The van der Waals surface area contributed by atoms with Crippen molar-refractivity contribution in [2.45, 2.75) is 13.5 Å². The molecule has 0 radical (unpaired) electrons. The number of aromatic nitrogens is 2. The lowest BCUT2D eigenvalue weighted by molar-refractivity contribution is 0.0925. The summed E-state index contributed by atoms with van der Waals surface area (Å²) in [6.45, 7) is 5.14. The summed E-state index contributed by atoms with van der Waals surface area (Å²) in [5, 5.41) is 3.77. The first kappa shape index (κ1) is 16.5. The van der Waals surface area contributed by atoms with E-state index in [1.807, 2.05) is 37.3 Å². The van der Waals surface area contributed by atoms with Crippen molar-refractivity contribution in [1.82, 2.24) is 15.3 Å². The number of nitrogens with zero attached hydrogens (tertiary/aromatic N) is 3. The summed E-state index contributed by atoms with van der Waals surface area (Å²) >= 11 is 0. The number of morpholine rings is 1. The summed E-state index contributed by atoms with van der Waals surface area (Å²) in [7, 11) is 0. The Hall–Kier alpha value is -2.93. The molecule has 1 fully saturated rings. The predicted octanol–water partition coefficient (Wildman–Crippen LogP) is 2.30. The third kappa shape index (κ3) is 3.52. The van der Waals surface area contributed by atoms with Crippen LogP contribution in [0.15, 0.2) is 40.8 Å². The number of furan rings is 1. The number of anilines is 1. The third-order valence-corrected chi connectivity index (χ3v) is 4.27. The maximum atomic E-state index is 12.4. The van der Waals surface area contributed by atoms with Crippen LogP contribution in [0.3, 0.4) is 0 Å². The van der Waals surface area contributed by atoms with Gasteiger partial charge in [-0.1, -0.05) is 18.2 Å². The van der Waals surface area contributed by atoms with Gasteiger partial charge < -0.3 is 19.4 Å². The Balaban J connectivity index is 1.46. The van der Waals surface area contributed by atoms with Crippen LogP contribution in [-0.4, -0.2) is 42.2 Å². The number of carbonyl (C=O) groups excluding carboxylic acids is 1. The number of aryl methyl sites for hydroxylation is 1. The van der Waals surface area contributed by atoms with Crippen LogP contribution in [-0.2, 0) is 11.3 Å². The van der Waals surface area contributed by atoms with Gasteiger partial charge >= 0.3 is 0 Å². The molecule has 7 heteroatoms. The molecule has 0 atom stereocenters. The quantitative estimate of drug-likeness (QED) is 0.776. The fraction of sp³-hybridized carbons (Fsp3) is 0.316. The molecule has 1 N–H and O–H groups in total. The second-order valence-electron chi connectivity index (χ2n) is 6.23. The van der Waals surface area contributed by atoms with Gasteiger partial charge in [0.25, 0.3) is 5.91 Å². The van der Waals surface area contributed by atoms with Gasteiger partial charge in [-0.05, 0) is 25.1 Å². The van der Waals surface area contributed by atoms with Crippen molar-refractivity contribution < 1.29 is 13.9 Å². The molecule has 2 aromatic heterocycles. The van der Waals surface area contributed by atoms with E-state index in [2.05, 4.69) is 20.2 Å². The summed E-state index contributed by atoms with van der Waals surface area (Å²) in [4.78, 5) is 23.6. The highest BCUT2D eigenvalue weighted by Gasteiger charge is 2.16. The topological polar surface area (TPSA) is 80.5 Å². The molecule has 0 spiro atoms. The highest BCUT2D eigenvalue weighted by molar-refractivity contribution is 5.95. The monoisotopic (exact) mass is 352 g/mol. The molecule has 0 unspecified atom stereocenters. The largest absolute Gasteiger partial charge is 0.451 e. The average Bonchev–Trinajstić information content (AvgIpc) is 3.11. The molecule has 4 rings (SSSR count). The lowest BCUT2D eigenvalue weighted by atomic mass is 10.2. The van der Waals surface area contributed by atoms with E-state index >= 15 is 0 Å². The number of benzene rings is 1. The van der Waals surface area contributed by atoms with Crippen molar-refractivity contribution in [2.24, 2.45) is 0 Å². The Morgan fingerprint density at radius 3 is 2.81 bits per heavy atom. The number of rotatable bonds is 4. The highest BCUT2D eigenvalue weighted by Crippen LogP contribution is 2.19. The molecule has 134 valence electrons. The van der Waals surface area contributed by atoms with E-state index in [4.69, 9.17) is 9.15 Å². The molecule has 1 aliphatic heterocycles. The van der Waals surface area contributed by atoms with Crippen molar-refractivity contribution in [3.63, 3.8) is 0 Å². The summed E-state index contributed by atoms with van der Waals surface area (Å²) in [6, 6.07) is 11.2. The molecular formula is C19H20N4O3. The summed E-state index contributed by atoms with van der Waals surface area (Å²) < 4.78 is 11.0. The maximum Gasteiger partial charge on any atom is 0.287 e. The van der Waals surface area contributed by atoms with Gasteiger partial charge in [-0.2, -0.15) is 0 Å². The molecular weight excluding hydrogens is 332 g/mol. The third-order valence-electron chi connectivity index (χ3n) is 4.27. The summed E-state index contributed by atoms with van der Waals surface area (Å²) in [6.07, 6.45) is 0. The van der Waals surface area contributed by atoms with Gasteiger partial charge in [-0.25, -0.2) is 9.97 Å². The second-order valence-corrected chi connectivity index (χ2v) is 6.23. The first-order chi connectivity index (χ1) is 12.7. The van der Waals surface area contributed by atoms with E-state index in [0.29, 0.717) is 37.1 Å². The molecule has 0 saturated carbocycles. The smallest absolute Gasteiger partial charge is 0.287 e. The number of amides is 1. The van der Waals surface area contributed by atoms with Crippen molar-refractivity contribution in [3.05, 3.63) is 53.5 Å². The van der Waals surface area contributed by atoms with Gasteiger partial charge in [0.05, 0.1) is 25.5 Å². The molecule has 0 aliphatic carbocycles. The van der Waals surface area contributed by atoms with Crippen molar-refractivity contribution in [2.75, 3.05) is 31.2 Å². The van der Waals surface area contributed by atoms with E-state index in [-0.39, 0.29) is 5.91 Å². The number of ether oxygens (including phenoxy) is 1. The minimum Gasteiger partial charge on any atom is -0.451 e. The Morgan fingerprint density at radius 2 is 2.00 bits per heavy atom. The van der Waals surface area contributed by atoms with Gasteiger partial charge in [0.1, 0.15) is 5.58 Å². The van der Waals surface area contributed by atoms with Gasteiger partial charge in [-0.15, -0.1) is 0 Å². The van der Waals surface area contributed by atoms with Crippen LogP contribution in [0.25, 0.3) is 11.0 Å². The normalized spacial score (nSPS) is 14.6. The first-order valence-corrected chi connectivity index (χ1v) is 8.63. The maximum absolute atomic E-state index is 12.4. The van der Waals surface area contributed by atoms with E-state index in [0.717, 1.165) is 29.9 Å². The van der Waals surface area contributed by atoms with Crippen LogP contribution in [0, 0.1) is 6.92 Å². The lowest BCUT2D eigenvalue weighted by Gasteiger charge is -2.27. The zero-order chi connectivity index (χ0) is 17.9. The fourth-order valence-corrected chi connectivity index (χ4v) is 2.96. The second kappa shape index (κ2) is 7.13. The Labute approximate surface area is 151 Å². The van der Waals surface area contributed by atoms with Gasteiger partial charge in [0, 0.05) is 24.2 Å². The molecule has 26 heavy (non-hydrogen) atoms. The molecule has 0 bridgehead atoms. The molecule has 3 heterocycles. The number of hydrogen-bond donors (Lipinski definition) is 1. The predicted molar refractivity (Wildman–Crippen MR) is 97.2 cm³/mol. The van der Waals surface area contributed by atoms with Gasteiger partial charge in [0.2, 0.25) is 5.95 Å². The molecule has 1 saturated heterocycles. The van der Waals surface area contributed by atoms with Gasteiger partial charge in [-0.3, -0.25) is 4.79 Å². The van der Waals surface area contributed by atoms with Crippen LogP contribution in [0.1, 0.15) is 21.9 Å². The number of hydrogen-bond acceptors (Lipinski definition) is 6. The Kier molecular flexibility index (Phi) is 4.53. The van der Waals surface area contributed by atoms with Crippen LogP contribution in [0.5, 0.6) is 0 Å². The molecule has 3 aromatic rings. The van der Waals surface area contributed by atoms with E-state index in [1.54, 1.807) is 6.07 Å². The van der Waals surface area contributed by atoms with Crippen LogP contribution in [0.4, 0.5) is 5.95 Å². The summed E-state index contributed by atoms with van der Waals surface area (Å²) in [5.74, 6) is 0.719. The van der Waals surface area contributed by atoms with E-state index < -0.39 is 0 Å². The zero-order valence-electron chi connectivity index (χ0n) is 14.6. The zero-order valence-corrected chi connectivity index (χ0v) is 14.6. The van der Waals surface area contributed by atoms with Gasteiger partial charge in [0.15, 0.2) is 5.76 Å². The fourth-order valence-electron chi connectivity index (χ4n) is 2.96. The highest BCUT2D eigenvalue weighted by atomic mass is 16.5. The minimum absolute atomic E-state index is 0.259. The SMILES string of the molecule is Cc1cc(CNC(=O)c2cc3ccccc3o2)nc(N2CCOCC2)n1. The Bertz CT molecular complexity index is 898. The first-order valence-electron chi connectivity index (χ1n) is 8.63. The molecule has 7 nitrogen and oxygen atoms in total. The number of nitrogens with one attached hydrogen (secondary N) is 1. The lowest BCUT2D eigenvalue weighted by Crippen LogP contribution is -2.37. The van der Waals surface area contributed by atoms with E-state index in [1.165, 1.54) is 0 Å². The average molecular weight is 352 g/mol. The summed E-state index contributed by atoms with van der Waals surface area (Å²) in [5.41, 5.74) is 2.34. The number of carbonyl (C=O) groups is 1. The molecule has 1 aromatic carbocycles. The standard InChI is InChI=1S/C19H20N4O3/c1-13-10-15(22-19(21-13)23-6-8-25-9-7-23)12-20-18(24)17-11-14-4-2-3-5-16(14)26-17/h2-5,10-11H,6-9,12H2,1H3,(H,20,24). The van der Waals surface area contributed by atoms with Crippen LogP contribution < -0.4 is 10.2 Å². The van der Waals surface area contributed by atoms with Crippen LogP contribution in [0.2, 0.25) is 0 Å². The van der Waals surface area contributed by atoms with Crippen molar-refractivity contribution >= 4 is 22.8 Å². The minimum atomic E-state index is -0.259. The van der Waals surface area contributed by atoms with E-state index in [9.17, 15) is 4.79 Å². The molecule has 1 amide bonds. The number of fused-ring (bicyclic) bond motifs is 1. The number of para-hydroxylation sites is 1. The van der Waals surface area contributed by atoms with Crippen molar-refractivity contribution in [3.8, 4) is 0 Å². The van der Waals surface area contributed by atoms with Crippen molar-refractivity contribution in [1.29, 1.82) is 0 Å².